The minimum atomic E-state index is -0.246. The molecular weight excluding hydrogens is 142 g/mol. The van der Waals surface area contributed by atoms with E-state index in [4.69, 9.17) is 0 Å². The van der Waals surface area contributed by atoms with Gasteiger partial charge in [0.05, 0.1) is 6.04 Å². The highest BCUT2D eigenvalue weighted by atomic mass is 16.2. The van der Waals surface area contributed by atoms with Crippen molar-refractivity contribution in [3.8, 4) is 0 Å². The zero-order valence-electron chi connectivity index (χ0n) is 6.72. The van der Waals surface area contributed by atoms with Gasteiger partial charge < -0.3 is 5.32 Å². The van der Waals surface area contributed by atoms with Gasteiger partial charge >= 0.3 is 0 Å². The highest BCUT2D eigenvalue weighted by Gasteiger charge is 2.25. The van der Waals surface area contributed by atoms with Gasteiger partial charge in [0.25, 0.3) is 0 Å². The standard InChI is InChI=1S/C8H13NO2/c1-2-7(10)8(11)6-4-3-5-9-6/h6,9H,2-5H2,1H3. The van der Waals surface area contributed by atoms with Gasteiger partial charge in [0.15, 0.2) is 5.78 Å². The molecule has 1 unspecified atom stereocenters. The van der Waals surface area contributed by atoms with Crippen LogP contribution in [0.2, 0.25) is 0 Å². The van der Waals surface area contributed by atoms with E-state index in [1.807, 2.05) is 0 Å². The number of carbonyl (C=O) groups excluding carboxylic acids is 2. The van der Waals surface area contributed by atoms with Crippen LogP contribution in [0.3, 0.4) is 0 Å². The molecular formula is C8H13NO2. The Morgan fingerprint density at radius 1 is 1.55 bits per heavy atom. The maximum atomic E-state index is 11.2. The van der Waals surface area contributed by atoms with E-state index in [1.165, 1.54) is 0 Å². The van der Waals surface area contributed by atoms with E-state index in [2.05, 4.69) is 5.32 Å². The highest BCUT2D eigenvalue weighted by Crippen LogP contribution is 2.06. The first-order chi connectivity index (χ1) is 5.25. The van der Waals surface area contributed by atoms with Crippen LogP contribution in [0.25, 0.3) is 0 Å². The van der Waals surface area contributed by atoms with Crippen LogP contribution in [-0.4, -0.2) is 24.2 Å². The average Bonchev–Trinajstić information content (AvgIpc) is 2.53. The fourth-order valence-electron chi connectivity index (χ4n) is 1.28. The van der Waals surface area contributed by atoms with Gasteiger partial charge in [0.1, 0.15) is 0 Å². The SMILES string of the molecule is CCC(=O)C(=O)C1CCCN1. The molecule has 0 amide bonds. The summed E-state index contributed by atoms with van der Waals surface area (Å²) in [6.45, 7) is 2.59. The van der Waals surface area contributed by atoms with E-state index in [-0.39, 0.29) is 17.6 Å². The zero-order chi connectivity index (χ0) is 8.27. The smallest absolute Gasteiger partial charge is 0.215 e. The number of ketones is 2. The van der Waals surface area contributed by atoms with Gasteiger partial charge in [-0.3, -0.25) is 9.59 Å². The topological polar surface area (TPSA) is 46.2 Å². The van der Waals surface area contributed by atoms with Crippen LogP contribution in [0.5, 0.6) is 0 Å². The summed E-state index contributed by atoms with van der Waals surface area (Å²) >= 11 is 0. The molecule has 1 aliphatic heterocycles. The quantitative estimate of drug-likeness (QED) is 0.596. The molecule has 1 N–H and O–H groups in total. The molecule has 0 bridgehead atoms. The minimum absolute atomic E-state index is 0.178. The van der Waals surface area contributed by atoms with Crippen molar-refractivity contribution in [1.82, 2.24) is 5.32 Å². The van der Waals surface area contributed by atoms with Crippen molar-refractivity contribution in [3.63, 3.8) is 0 Å². The lowest BCUT2D eigenvalue weighted by atomic mass is 10.1. The van der Waals surface area contributed by atoms with Crippen LogP contribution in [0.1, 0.15) is 26.2 Å². The van der Waals surface area contributed by atoms with E-state index >= 15 is 0 Å². The van der Waals surface area contributed by atoms with Crippen LogP contribution < -0.4 is 5.32 Å². The second-order valence-corrected chi connectivity index (χ2v) is 2.79. The number of hydrogen-bond acceptors (Lipinski definition) is 3. The summed E-state index contributed by atoms with van der Waals surface area (Å²) in [7, 11) is 0. The minimum Gasteiger partial charge on any atom is -0.307 e. The first-order valence-corrected chi connectivity index (χ1v) is 4.06. The number of carbonyl (C=O) groups is 2. The third kappa shape index (κ3) is 1.87. The molecule has 0 spiro atoms. The lowest BCUT2D eigenvalue weighted by molar-refractivity contribution is -0.137. The molecule has 1 rings (SSSR count). The summed E-state index contributed by atoms with van der Waals surface area (Å²) < 4.78 is 0. The van der Waals surface area contributed by atoms with Crippen LogP contribution in [-0.2, 0) is 9.59 Å². The summed E-state index contributed by atoms with van der Waals surface area (Å²) in [5, 5.41) is 3.00. The van der Waals surface area contributed by atoms with Crippen molar-refractivity contribution in [3.05, 3.63) is 0 Å². The van der Waals surface area contributed by atoms with Crippen molar-refractivity contribution < 1.29 is 9.59 Å². The van der Waals surface area contributed by atoms with Crippen LogP contribution in [0.4, 0.5) is 0 Å². The largest absolute Gasteiger partial charge is 0.307 e. The molecule has 0 radical (unpaired) electrons. The van der Waals surface area contributed by atoms with Gasteiger partial charge in [-0.25, -0.2) is 0 Å². The molecule has 3 heteroatoms. The van der Waals surface area contributed by atoms with Gasteiger partial charge in [-0.05, 0) is 19.4 Å². The fraction of sp³-hybridized carbons (Fsp3) is 0.750. The number of rotatable bonds is 3. The third-order valence-electron chi connectivity index (χ3n) is 1.97. The molecule has 1 atom stereocenters. The molecule has 11 heavy (non-hydrogen) atoms. The fourth-order valence-corrected chi connectivity index (χ4v) is 1.28. The maximum Gasteiger partial charge on any atom is 0.215 e. The molecule has 1 heterocycles. The Bertz CT molecular complexity index is 171. The molecule has 1 aliphatic rings. The lowest BCUT2D eigenvalue weighted by Crippen LogP contribution is -2.35. The predicted molar refractivity (Wildman–Crippen MR) is 41.3 cm³/mol. The Hall–Kier alpha value is -0.700. The second-order valence-electron chi connectivity index (χ2n) is 2.79. The van der Waals surface area contributed by atoms with Gasteiger partial charge in [0, 0.05) is 6.42 Å². The van der Waals surface area contributed by atoms with Crippen LogP contribution >= 0.6 is 0 Å². The van der Waals surface area contributed by atoms with E-state index in [9.17, 15) is 9.59 Å². The van der Waals surface area contributed by atoms with Crippen molar-refractivity contribution in [2.45, 2.75) is 32.2 Å². The molecule has 3 nitrogen and oxygen atoms in total. The second kappa shape index (κ2) is 3.62. The number of nitrogens with one attached hydrogen (secondary N) is 1. The van der Waals surface area contributed by atoms with Crippen molar-refractivity contribution in [2.24, 2.45) is 0 Å². The maximum absolute atomic E-state index is 11.2. The zero-order valence-corrected chi connectivity index (χ0v) is 6.72. The summed E-state index contributed by atoms with van der Waals surface area (Å²) in [4.78, 5) is 22.1. The summed E-state index contributed by atoms with van der Waals surface area (Å²) in [5.41, 5.74) is 0. The van der Waals surface area contributed by atoms with E-state index in [1.54, 1.807) is 6.92 Å². The van der Waals surface area contributed by atoms with Crippen molar-refractivity contribution in [1.29, 1.82) is 0 Å². The average molecular weight is 155 g/mol. The molecule has 62 valence electrons. The Balaban J connectivity index is 2.46. The number of Topliss-reactive ketones (excluding diaryl/α,β-unsaturated/α-hetero) is 2. The van der Waals surface area contributed by atoms with E-state index in [0.717, 1.165) is 19.4 Å². The van der Waals surface area contributed by atoms with Gasteiger partial charge in [-0.2, -0.15) is 0 Å². The molecule has 0 aromatic heterocycles. The third-order valence-corrected chi connectivity index (χ3v) is 1.97. The van der Waals surface area contributed by atoms with Crippen LogP contribution in [0, 0.1) is 0 Å². The predicted octanol–water partition coefficient (Wildman–Crippen LogP) is 0.287. The number of hydrogen-bond donors (Lipinski definition) is 1. The Kier molecular flexibility index (Phi) is 2.76. The Labute approximate surface area is 66.2 Å². The Morgan fingerprint density at radius 2 is 2.27 bits per heavy atom. The molecule has 0 aliphatic carbocycles. The molecule has 0 aromatic carbocycles. The molecule has 1 fully saturated rings. The Morgan fingerprint density at radius 3 is 2.73 bits per heavy atom. The lowest BCUT2D eigenvalue weighted by Gasteiger charge is -2.05. The summed E-state index contributed by atoms with van der Waals surface area (Å²) in [6, 6.07) is -0.178. The molecule has 1 saturated heterocycles. The first kappa shape index (κ1) is 8.40. The van der Waals surface area contributed by atoms with Crippen molar-refractivity contribution in [2.75, 3.05) is 6.54 Å². The first-order valence-electron chi connectivity index (χ1n) is 4.06. The van der Waals surface area contributed by atoms with E-state index in [0.29, 0.717) is 6.42 Å². The van der Waals surface area contributed by atoms with E-state index < -0.39 is 0 Å². The normalized spacial score (nSPS) is 23.5. The summed E-state index contributed by atoms with van der Waals surface area (Å²) in [5.74, 6) is -0.477. The monoisotopic (exact) mass is 155 g/mol. The highest BCUT2D eigenvalue weighted by molar-refractivity contribution is 6.39. The van der Waals surface area contributed by atoms with Gasteiger partial charge in [0.2, 0.25) is 5.78 Å². The van der Waals surface area contributed by atoms with Crippen LogP contribution in [0.15, 0.2) is 0 Å². The molecule has 0 aromatic rings. The van der Waals surface area contributed by atoms with Gasteiger partial charge in [-0.1, -0.05) is 6.92 Å². The summed E-state index contributed by atoms with van der Waals surface area (Å²) in [6.07, 6.45) is 2.16. The molecule has 0 saturated carbocycles. The van der Waals surface area contributed by atoms with Crippen molar-refractivity contribution >= 4 is 11.6 Å². The van der Waals surface area contributed by atoms with Gasteiger partial charge in [-0.15, -0.1) is 0 Å².